The minimum Gasteiger partial charge on any atom is -0.366 e. The lowest BCUT2D eigenvalue weighted by atomic mass is 9.56. The molecule has 2 atom stereocenters. The van der Waals surface area contributed by atoms with Crippen molar-refractivity contribution in [3.05, 3.63) is 29.7 Å². The standard InChI is InChI=1S/C22H25F3N6O3/c23-22(24,25)19-28-27-17-2-1-13(8-31(17)19)5-14-6-21(7-14)11-30(12-21)20(33)29-4-3-16-15(9-29)26-18(32)10-34-16/h1-2,8,14-16H,3-7,9-12H2,(H,26,32)/t15-,16+/m1/s1. The number of fused-ring (bicyclic) bond motifs is 2. The number of morpholine rings is 1. The van der Waals surface area contributed by atoms with Crippen molar-refractivity contribution in [3.63, 3.8) is 0 Å². The first-order valence-corrected chi connectivity index (χ1v) is 11.5. The molecule has 1 saturated carbocycles. The molecule has 0 aromatic carbocycles. The molecule has 9 nitrogen and oxygen atoms in total. The van der Waals surface area contributed by atoms with Crippen LogP contribution in [-0.4, -0.2) is 81.3 Å². The summed E-state index contributed by atoms with van der Waals surface area (Å²) in [7, 11) is 0. The molecule has 0 unspecified atom stereocenters. The third-order valence-corrected chi connectivity index (χ3v) is 7.60. The Hall–Kier alpha value is -2.89. The molecule has 3 amide bonds. The molecule has 1 N–H and O–H groups in total. The van der Waals surface area contributed by atoms with Gasteiger partial charge in [0.1, 0.15) is 6.61 Å². The van der Waals surface area contributed by atoms with E-state index in [0.717, 1.165) is 22.8 Å². The topological polar surface area (TPSA) is 92.1 Å². The van der Waals surface area contributed by atoms with E-state index in [9.17, 15) is 22.8 Å². The highest BCUT2D eigenvalue weighted by Gasteiger charge is 2.54. The van der Waals surface area contributed by atoms with Crippen LogP contribution in [0, 0.1) is 11.3 Å². The number of amides is 3. The van der Waals surface area contributed by atoms with E-state index in [0.29, 0.717) is 44.9 Å². The van der Waals surface area contributed by atoms with E-state index in [2.05, 4.69) is 15.5 Å². The highest BCUT2D eigenvalue weighted by molar-refractivity contribution is 5.79. The first kappa shape index (κ1) is 21.6. The Morgan fingerprint density at radius 1 is 1.21 bits per heavy atom. The number of nitrogens with zero attached hydrogens (tertiary/aromatic N) is 5. The number of piperidine rings is 1. The molecule has 12 heteroatoms. The Kier molecular flexibility index (Phi) is 4.81. The smallest absolute Gasteiger partial charge is 0.366 e. The summed E-state index contributed by atoms with van der Waals surface area (Å²) in [6.45, 7) is 2.58. The van der Waals surface area contributed by atoms with Gasteiger partial charge in [-0.2, -0.15) is 13.2 Å². The molecule has 1 aliphatic carbocycles. The fourth-order valence-electron chi connectivity index (χ4n) is 6.12. The largest absolute Gasteiger partial charge is 0.452 e. The van der Waals surface area contributed by atoms with Crippen LogP contribution in [0.15, 0.2) is 18.3 Å². The Morgan fingerprint density at radius 3 is 2.76 bits per heavy atom. The van der Waals surface area contributed by atoms with E-state index in [4.69, 9.17) is 4.74 Å². The number of likely N-dealkylation sites (tertiary alicyclic amines) is 2. The van der Waals surface area contributed by atoms with Crippen molar-refractivity contribution in [2.24, 2.45) is 11.3 Å². The molecule has 4 fully saturated rings. The highest BCUT2D eigenvalue weighted by Crippen LogP contribution is 2.53. The van der Waals surface area contributed by atoms with Crippen molar-refractivity contribution in [1.82, 2.24) is 29.7 Å². The second-order valence-corrected chi connectivity index (χ2v) is 10.2. The van der Waals surface area contributed by atoms with Crippen LogP contribution in [0.25, 0.3) is 5.65 Å². The Bertz CT molecular complexity index is 1140. The Labute approximate surface area is 193 Å². The second-order valence-electron chi connectivity index (χ2n) is 10.2. The molecule has 5 heterocycles. The van der Waals surface area contributed by atoms with Crippen molar-refractivity contribution in [1.29, 1.82) is 0 Å². The van der Waals surface area contributed by atoms with Crippen molar-refractivity contribution in [3.8, 4) is 0 Å². The predicted octanol–water partition coefficient (Wildman–Crippen LogP) is 1.71. The predicted molar refractivity (Wildman–Crippen MR) is 112 cm³/mol. The number of rotatable bonds is 2. The molecule has 34 heavy (non-hydrogen) atoms. The van der Waals surface area contributed by atoms with Crippen LogP contribution in [0.1, 0.15) is 30.7 Å². The summed E-state index contributed by atoms with van der Waals surface area (Å²) < 4.78 is 46.0. The summed E-state index contributed by atoms with van der Waals surface area (Å²) in [5.41, 5.74) is 1.13. The maximum Gasteiger partial charge on any atom is 0.452 e. The molecular weight excluding hydrogens is 453 g/mol. The van der Waals surface area contributed by atoms with Gasteiger partial charge in [0.2, 0.25) is 11.7 Å². The molecule has 3 aliphatic heterocycles. The first-order valence-electron chi connectivity index (χ1n) is 11.5. The fourth-order valence-corrected chi connectivity index (χ4v) is 6.12. The number of nitrogens with one attached hydrogen (secondary N) is 1. The zero-order valence-corrected chi connectivity index (χ0v) is 18.4. The molecule has 182 valence electrons. The third-order valence-electron chi connectivity index (χ3n) is 7.60. The lowest BCUT2D eigenvalue weighted by Crippen LogP contribution is -2.68. The van der Waals surface area contributed by atoms with Crippen LogP contribution in [0.5, 0.6) is 0 Å². The number of hydrogen-bond donors (Lipinski definition) is 1. The molecule has 3 saturated heterocycles. The Balaban J connectivity index is 1.02. The fraction of sp³-hybridized carbons (Fsp3) is 0.636. The van der Waals surface area contributed by atoms with E-state index < -0.39 is 12.0 Å². The van der Waals surface area contributed by atoms with Gasteiger partial charge in [0.25, 0.3) is 0 Å². The van der Waals surface area contributed by atoms with Gasteiger partial charge in [-0.3, -0.25) is 9.20 Å². The molecule has 4 aliphatic rings. The van der Waals surface area contributed by atoms with E-state index in [1.165, 1.54) is 6.20 Å². The molecule has 2 aromatic rings. The summed E-state index contributed by atoms with van der Waals surface area (Å²) >= 11 is 0. The first-order chi connectivity index (χ1) is 16.2. The molecule has 0 bridgehead atoms. The lowest BCUT2D eigenvalue weighted by molar-refractivity contribution is -0.145. The van der Waals surface area contributed by atoms with Gasteiger partial charge in [-0.25, -0.2) is 4.79 Å². The number of ether oxygens (including phenoxy) is 1. The molecule has 1 spiro atoms. The van der Waals surface area contributed by atoms with Crippen LogP contribution in [0.2, 0.25) is 0 Å². The number of carbonyl (C=O) groups excluding carboxylic acids is 2. The van der Waals surface area contributed by atoms with Gasteiger partial charge in [0.15, 0.2) is 5.65 Å². The van der Waals surface area contributed by atoms with Crippen molar-refractivity contribution < 1.29 is 27.5 Å². The molecule has 0 radical (unpaired) electrons. The Morgan fingerprint density at radius 2 is 2.00 bits per heavy atom. The second kappa shape index (κ2) is 7.56. The number of aromatic nitrogens is 3. The van der Waals surface area contributed by atoms with E-state index in [1.54, 1.807) is 11.0 Å². The van der Waals surface area contributed by atoms with Crippen LogP contribution >= 0.6 is 0 Å². The van der Waals surface area contributed by atoms with Gasteiger partial charge in [-0.15, -0.1) is 10.2 Å². The maximum atomic E-state index is 13.1. The van der Waals surface area contributed by atoms with Crippen LogP contribution in [0.3, 0.4) is 0 Å². The van der Waals surface area contributed by atoms with Crippen molar-refractivity contribution in [2.75, 3.05) is 32.8 Å². The average molecular weight is 478 g/mol. The van der Waals surface area contributed by atoms with Crippen molar-refractivity contribution in [2.45, 2.75) is 44.0 Å². The van der Waals surface area contributed by atoms with Gasteiger partial charge >= 0.3 is 12.2 Å². The maximum absolute atomic E-state index is 13.1. The van der Waals surface area contributed by atoms with E-state index in [-0.39, 0.29) is 41.8 Å². The SMILES string of the molecule is O=C1CO[C@H]2CCN(C(=O)N3CC4(CC(Cc5ccc6nnc(C(F)(F)F)n6c5)C4)C3)C[C@H]2N1. The minimum absolute atomic E-state index is 0.00471. The normalized spacial score (nSPS) is 26.7. The summed E-state index contributed by atoms with van der Waals surface area (Å²) in [6, 6.07) is 3.23. The zero-order valence-electron chi connectivity index (χ0n) is 18.4. The number of hydrogen-bond acceptors (Lipinski definition) is 5. The summed E-state index contributed by atoms with van der Waals surface area (Å²) in [4.78, 5) is 28.2. The molecular formula is C22H25F3N6O3. The van der Waals surface area contributed by atoms with Crippen LogP contribution < -0.4 is 5.32 Å². The third kappa shape index (κ3) is 3.68. The van der Waals surface area contributed by atoms with Gasteiger partial charge in [-0.05, 0) is 43.2 Å². The van der Waals surface area contributed by atoms with Crippen LogP contribution in [-0.2, 0) is 22.1 Å². The van der Waals surface area contributed by atoms with E-state index >= 15 is 0 Å². The zero-order chi connectivity index (χ0) is 23.7. The number of halogens is 3. The number of pyridine rings is 1. The lowest BCUT2D eigenvalue weighted by Gasteiger charge is -2.60. The summed E-state index contributed by atoms with van der Waals surface area (Å²) in [5, 5.41) is 9.79. The monoisotopic (exact) mass is 478 g/mol. The molecule has 2 aromatic heterocycles. The number of urea groups is 1. The van der Waals surface area contributed by atoms with Gasteiger partial charge < -0.3 is 19.9 Å². The van der Waals surface area contributed by atoms with Gasteiger partial charge in [-0.1, -0.05) is 6.07 Å². The van der Waals surface area contributed by atoms with E-state index in [1.807, 2.05) is 11.0 Å². The number of carbonyl (C=O) groups is 2. The van der Waals surface area contributed by atoms with Crippen molar-refractivity contribution >= 4 is 17.6 Å². The average Bonchev–Trinajstić information content (AvgIpc) is 3.17. The highest BCUT2D eigenvalue weighted by atomic mass is 19.4. The quantitative estimate of drug-likeness (QED) is 0.710. The summed E-state index contributed by atoms with van der Waals surface area (Å²) in [6.07, 6.45) is 0.222. The van der Waals surface area contributed by atoms with Gasteiger partial charge in [0.05, 0.1) is 12.1 Å². The van der Waals surface area contributed by atoms with Gasteiger partial charge in [0, 0.05) is 37.8 Å². The number of alkyl halides is 3. The minimum atomic E-state index is -4.55. The summed E-state index contributed by atoms with van der Waals surface area (Å²) in [5.74, 6) is -0.770. The molecule has 6 rings (SSSR count). The van der Waals surface area contributed by atoms with Crippen LogP contribution in [0.4, 0.5) is 18.0 Å².